The van der Waals surface area contributed by atoms with Crippen molar-refractivity contribution in [3.63, 3.8) is 0 Å². The molecule has 0 aliphatic carbocycles. The zero-order chi connectivity index (χ0) is 13.1. The quantitative estimate of drug-likeness (QED) is 0.640. The fraction of sp³-hybridized carbons (Fsp3) is 0.231. The van der Waals surface area contributed by atoms with Crippen LogP contribution >= 0.6 is 0 Å². The van der Waals surface area contributed by atoms with Crippen LogP contribution in [-0.4, -0.2) is 26.1 Å². The number of anilines is 1. The zero-order valence-corrected chi connectivity index (χ0v) is 10.5. The van der Waals surface area contributed by atoms with Crippen LogP contribution in [0.1, 0.15) is 11.4 Å². The Kier molecular flexibility index (Phi) is 3.16. The van der Waals surface area contributed by atoms with Crippen LogP contribution in [0.5, 0.6) is 0 Å². The maximum absolute atomic E-state index is 5.56. The normalized spacial score (nSPS) is 11.0. The third-order valence-electron chi connectivity index (χ3n) is 2.94. The van der Waals surface area contributed by atoms with Crippen molar-refractivity contribution >= 4 is 11.5 Å². The third kappa shape index (κ3) is 2.58. The fourth-order valence-corrected chi connectivity index (χ4v) is 1.97. The van der Waals surface area contributed by atoms with E-state index in [0.29, 0.717) is 6.54 Å². The molecule has 0 aromatic carbocycles. The van der Waals surface area contributed by atoms with Crippen LogP contribution in [0.4, 0.5) is 5.82 Å². The lowest BCUT2D eigenvalue weighted by Crippen LogP contribution is -2.07. The zero-order valence-electron chi connectivity index (χ0n) is 10.5. The predicted molar refractivity (Wildman–Crippen MR) is 73.9 cm³/mol. The summed E-state index contributed by atoms with van der Waals surface area (Å²) < 4.78 is 1.75. The number of aromatic amines is 1. The van der Waals surface area contributed by atoms with Crippen molar-refractivity contribution in [2.75, 3.05) is 11.9 Å². The molecule has 3 rings (SSSR count). The van der Waals surface area contributed by atoms with Crippen LogP contribution in [0.2, 0.25) is 0 Å². The number of fused-ring (bicyclic) bond motifs is 1. The topological polar surface area (TPSA) is 84.0 Å². The molecule has 6 nitrogen and oxygen atoms in total. The SMILES string of the molecule is NCc1cn2nc(NCCc3ccc[nH]3)ccc2n1. The number of H-pyrrole nitrogens is 1. The smallest absolute Gasteiger partial charge is 0.153 e. The largest absolute Gasteiger partial charge is 0.368 e. The third-order valence-corrected chi connectivity index (χ3v) is 2.94. The van der Waals surface area contributed by atoms with Gasteiger partial charge in [-0.15, -0.1) is 5.10 Å². The summed E-state index contributed by atoms with van der Waals surface area (Å²) in [7, 11) is 0. The molecular formula is C13H16N6. The Bertz CT molecular complexity index is 655. The lowest BCUT2D eigenvalue weighted by Gasteiger charge is -2.04. The van der Waals surface area contributed by atoms with Crippen molar-refractivity contribution in [1.29, 1.82) is 0 Å². The van der Waals surface area contributed by atoms with Crippen LogP contribution in [0, 0.1) is 0 Å². The molecule has 6 heteroatoms. The number of imidazole rings is 1. The van der Waals surface area contributed by atoms with Crippen LogP contribution in [0.3, 0.4) is 0 Å². The van der Waals surface area contributed by atoms with E-state index in [1.807, 2.05) is 30.6 Å². The second-order valence-corrected chi connectivity index (χ2v) is 4.33. The lowest BCUT2D eigenvalue weighted by molar-refractivity contribution is 0.904. The predicted octanol–water partition coefficient (Wildman–Crippen LogP) is 1.17. The van der Waals surface area contributed by atoms with Crippen molar-refractivity contribution in [1.82, 2.24) is 19.6 Å². The van der Waals surface area contributed by atoms with Crippen molar-refractivity contribution in [2.24, 2.45) is 5.73 Å². The van der Waals surface area contributed by atoms with Crippen molar-refractivity contribution in [3.05, 3.63) is 48.0 Å². The van der Waals surface area contributed by atoms with Crippen molar-refractivity contribution < 1.29 is 0 Å². The van der Waals surface area contributed by atoms with Gasteiger partial charge in [0.05, 0.1) is 11.9 Å². The molecule has 0 saturated heterocycles. The molecule has 3 aromatic heterocycles. The summed E-state index contributed by atoms with van der Waals surface area (Å²) in [4.78, 5) is 7.51. The number of rotatable bonds is 5. The van der Waals surface area contributed by atoms with E-state index in [0.717, 1.165) is 30.1 Å². The Labute approximate surface area is 110 Å². The van der Waals surface area contributed by atoms with Gasteiger partial charge >= 0.3 is 0 Å². The van der Waals surface area contributed by atoms with Gasteiger partial charge in [0, 0.05) is 31.4 Å². The van der Waals surface area contributed by atoms with Gasteiger partial charge in [0.2, 0.25) is 0 Å². The van der Waals surface area contributed by atoms with E-state index in [-0.39, 0.29) is 0 Å². The first kappa shape index (κ1) is 11.7. The van der Waals surface area contributed by atoms with E-state index < -0.39 is 0 Å². The molecule has 3 heterocycles. The monoisotopic (exact) mass is 256 g/mol. The molecule has 4 N–H and O–H groups in total. The maximum atomic E-state index is 5.56. The van der Waals surface area contributed by atoms with Gasteiger partial charge < -0.3 is 16.0 Å². The van der Waals surface area contributed by atoms with Gasteiger partial charge in [-0.2, -0.15) is 0 Å². The Morgan fingerprint density at radius 2 is 2.26 bits per heavy atom. The first-order valence-electron chi connectivity index (χ1n) is 6.26. The Morgan fingerprint density at radius 1 is 1.32 bits per heavy atom. The molecule has 3 aromatic rings. The number of nitrogens with two attached hydrogens (primary N) is 1. The molecule has 0 aliphatic heterocycles. The summed E-state index contributed by atoms with van der Waals surface area (Å²) in [5.41, 5.74) is 8.43. The number of nitrogens with one attached hydrogen (secondary N) is 2. The van der Waals surface area contributed by atoms with Crippen LogP contribution < -0.4 is 11.1 Å². The molecule has 0 unspecified atom stereocenters. The van der Waals surface area contributed by atoms with E-state index in [1.54, 1.807) is 4.52 Å². The second-order valence-electron chi connectivity index (χ2n) is 4.33. The van der Waals surface area contributed by atoms with E-state index in [4.69, 9.17) is 5.73 Å². The molecule has 0 amide bonds. The Hall–Kier alpha value is -2.34. The highest BCUT2D eigenvalue weighted by Gasteiger charge is 2.02. The fourth-order valence-electron chi connectivity index (χ4n) is 1.97. The molecule has 0 aliphatic rings. The lowest BCUT2D eigenvalue weighted by atomic mass is 10.3. The number of nitrogens with zero attached hydrogens (tertiary/aromatic N) is 3. The van der Waals surface area contributed by atoms with E-state index in [9.17, 15) is 0 Å². The molecular weight excluding hydrogens is 240 g/mol. The van der Waals surface area contributed by atoms with Gasteiger partial charge in [0.25, 0.3) is 0 Å². The average Bonchev–Trinajstić information content (AvgIpc) is 3.06. The summed E-state index contributed by atoms with van der Waals surface area (Å²) in [5, 5.41) is 7.73. The van der Waals surface area contributed by atoms with Gasteiger partial charge in [0.15, 0.2) is 5.65 Å². The molecule has 0 bridgehead atoms. The van der Waals surface area contributed by atoms with Gasteiger partial charge in [-0.1, -0.05) is 0 Å². The molecule has 0 saturated carbocycles. The minimum atomic E-state index is 0.430. The minimum absolute atomic E-state index is 0.430. The van der Waals surface area contributed by atoms with E-state index in [2.05, 4.69) is 26.4 Å². The second kappa shape index (κ2) is 5.11. The van der Waals surface area contributed by atoms with Crippen molar-refractivity contribution in [2.45, 2.75) is 13.0 Å². The average molecular weight is 256 g/mol. The standard InChI is InChI=1S/C13H16N6/c14-8-11-9-19-13(17-11)4-3-12(18-19)16-7-5-10-2-1-6-15-10/h1-4,6,9,15H,5,7-8,14H2,(H,16,18). The van der Waals surface area contributed by atoms with Gasteiger partial charge in [-0.25, -0.2) is 9.50 Å². The van der Waals surface area contributed by atoms with Crippen LogP contribution in [0.15, 0.2) is 36.7 Å². The highest BCUT2D eigenvalue weighted by Crippen LogP contribution is 2.08. The molecule has 98 valence electrons. The van der Waals surface area contributed by atoms with Gasteiger partial charge in [0.1, 0.15) is 5.82 Å². The number of hydrogen-bond acceptors (Lipinski definition) is 4. The van der Waals surface area contributed by atoms with E-state index in [1.165, 1.54) is 5.69 Å². The maximum Gasteiger partial charge on any atom is 0.153 e. The molecule has 0 fully saturated rings. The molecule has 0 atom stereocenters. The molecule has 0 radical (unpaired) electrons. The summed E-state index contributed by atoms with van der Waals surface area (Å²) in [6, 6.07) is 7.93. The first-order chi connectivity index (χ1) is 9.35. The van der Waals surface area contributed by atoms with E-state index >= 15 is 0 Å². The van der Waals surface area contributed by atoms with Gasteiger partial charge in [-0.3, -0.25) is 0 Å². The number of hydrogen-bond donors (Lipinski definition) is 3. The van der Waals surface area contributed by atoms with Crippen LogP contribution in [-0.2, 0) is 13.0 Å². The summed E-state index contributed by atoms with van der Waals surface area (Å²) >= 11 is 0. The first-order valence-corrected chi connectivity index (χ1v) is 6.26. The summed E-state index contributed by atoms with van der Waals surface area (Å²) in [6.45, 7) is 1.26. The van der Waals surface area contributed by atoms with Crippen molar-refractivity contribution in [3.8, 4) is 0 Å². The highest BCUT2D eigenvalue weighted by atomic mass is 15.3. The Balaban J connectivity index is 1.67. The highest BCUT2D eigenvalue weighted by molar-refractivity contribution is 5.45. The summed E-state index contributed by atoms with van der Waals surface area (Å²) in [6.07, 6.45) is 4.72. The Morgan fingerprint density at radius 3 is 3.05 bits per heavy atom. The minimum Gasteiger partial charge on any atom is -0.368 e. The molecule has 0 spiro atoms. The number of aromatic nitrogens is 4. The molecule has 19 heavy (non-hydrogen) atoms. The summed E-state index contributed by atoms with van der Waals surface area (Å²) in [5.74, 6) is 0.833. The van der Waals surface area contributed by atoms with Gasteiger partial charge in [-0.05, 0) is 24.3 Å². The van der Waals surface area contributed by atoms with Crippen LogP contribution in [0.25, 0.3) is 5.65 Å².